The van der Waals surface area contributed by atoms with Gasteiger partial charge in [-0.2, -0.15) is 0 Å². The van der Waals surface area contributed by atoms with Crippen LogP contribution in [0.3, 0.4) is 0 Å². The van der Waals surface area contributed by atoms with Gasteiger partial charge in [-0.15, -0.1) is 11.3 Å². The first-order valence-corrected chi connectivity index (χ1v) is 7.60. The van der Waals surface area contributed by atoms with E-state index in [4.69, 9.17) is 4.99 Å². The Bertz CT molecular complexity index is 537. The fourth-order valence-corrected chi connectivity index (χ4v) is 4.14. The summed E-state index contributed by atoms with van der Waals surface area (Å²) in [5.41, 5.74) is 6.83. The summed E-state index contributed by atoms with van der Waals surface area (Å²) in [6, 6.07) is 0. The number of thiophene rings is 1. The Kier molecular flexibility index (Phi) is 3.02. The Morgan fingerprint density at radius 3 is 2.89 bits per heavy atom. The Morgan fingerprint density at radius 2 is 2.17 bits per heavy atom. The molecule has 1 aliphatic heterocycles. The normalized spacial score (nSPS) is 23.5. The molecule has 3 heteroatoms. The van der Waals surface area contributed by atoms with Crippen LogP contribution in [0.25, 0.3) is 0 Å². The average molecular weight is 260 g/mol. The van der Waals surface area contributed by atoms with Crippen LogP contribution in [-0.2, 0) is 0 Å². The van der Waals surface area contributed by atoms with Gasteiger partial charge in [-0.25, -0.2) is 0 Å². The van der Waals surface area contributed by atoms with E-state index in [1.165, 1.54) is 41.1 Å². The molecule has 1 aliphatic carbocycles. The van der Waals surface area contributed by atoms with Crippen molar-refractivity contribution in [3.63, 3.8) is 0 Å². The van der Waals surface area contributed by atoms with Crippen LogP contribution in [-0.4, -0.2) is 12.3 Å². The highest BCUT2D eigenvalue weighted by Crippen LogP contribution is 2.41. The summed E-state index contributed by atoms with van der Waals surface area (Å²) in [6.07, 6.45) is 3.67. The van der Waals surface area contributed by atoms with Gasteiger partial charge in [-0.1, -0.05) is 0 Å². The summed E-state index contributed by atoms with van der Waals surface area (Å²) in [5.74, 6) is 0.560. The Labute approximate surface area is 113 Å². The lowest BCUT2D eigenvalue weighted by molar-refractivity contribution is 0.559. The van der Waals surface area contributed by atoms with E-state index in [0.717, 1.165) is 13.0 Å². The van der Waals surface area contributed by atoms with Crippen molar-refractivity contribution >= 4 is 17.0 Å². The molecule has 96 valence electrons. The monoisotopic (exact) mass is 260 g/mol. The molecular weight excluding hydrogens is 240 g/mol. The maximum Gasteiger partial charge on any atom is 0.0599 e. The molecule has 0 radical (unpaired) electrons. The summed E-state index contributed by atoms with van der Waals surface area (Å²) in [7, 11) is 0. The molecule has 1 aromatic heterocycles. The second-order valence-electron chi connectivity index (χ2n) is 5.41. The Hall–Kier alpha value is -1.09. The van der Waals surface area contributed by atoms with E-state index in [1.807, 2.05) is 11.3 Å². The number of allylic oxidation sites excluding steroid dienone is 2. The number of aryl methyl sites for hydroxylation is 1. The van der Waals surface area contributed by atoms with Gasteiger partial charge in [0.2, 0.25) is 0 Å². The second kappa shape index (κ2) is 4.54. The highest BCUT2D eigenvalue weighted by molar-refractivity contribution is 7.10. The molecule has 0 aromatic carbocycles. The molecule has 0 amide bonds. The van der Waals surface area contributed by atoms with Crippen molar-refractivity contribution < 1.29 is 0 Å². The molecule has 1 N–H and O–H groups in total. The van der Waals surface area contributed by atoms with Gasteiger partial charge >= 0.3 is 0 Å². The second-order valence-corrected chi connectivity index (χ2v) is 6.33. The number of hydrogen-bond donors (Lipinski definition) is 1. The van der Waals surface area contributed by atoms with Crippen molar-refractivity contribution in [3.8, 4) is 0 Å². The van der Waals surface area contributed by atoms with E-state index in [1.54, 1.807) is 4.88 Å². The predicted molar refractivity (Wildman–Crippen MR) is 78.5 cm³/mol. The number of rotatable bonds is 1. The molecule has 0 spiro atoms. The number of nitrogens with zero attached hydrogens (tertiary/aromatic N) is 1. The van der Waals surface area contributed by atoms with Crippen LogP contribution in [0.5, 0.6) is 0 Å². The van der Waals surface area contributed by atoms with Gasteiger partial charge in [-0.3, -0.25) is 4.99 Å². The third-order valence-electron chi connectivity index (χ3n) is 4.07. The third-order valence-corrected chi connectivity index (χ3v) is 5.38. The predicted octanol–water partition coefficient (Wildman–Crippen LogP) is 3.91. The van der Waals surface area contributed by atoms with Gasteiger partial charge in [0.25, 0.3) is 0 Å². The van der Waals surface area contributed by atoms with Crippen LogP contribution >= 0.6 is 11.3 Å². The van der Waals surface area contributed by atoms with Crippen molar-refractivity contribution in [2.24, 2.45) is 4.99 Å². The first kappa shape index (κ1) is 12.0. The zero-order valence-corrected chi connectivity index (χ0v) is 12.2. The topological polar surface area (TPSA) is 24.4 Å². The van der Waals surface area contributed by atoms with Crippen LogP contribution in [0.2, 0.25) is 0 Å². The minimum absolute atomic E-state index is 0.560. The first-order valence-electron chi connectivity index (χ1n) is 6.72. The highest BCUT2D eigenvalue weighted by atomic mass is 32.1. The summed E-state index contributed by atoms with van der Waals surface area (Å²) >= 11 is 1.92. The molecule has 0 saturated heterocycles. The molecular formula is C15H20N2S. The van der Waals surface area contributed by atoms with Crippen LogP contribution in [0, 0.1) is 13.8 Å². The largest absolute Gasteiger partial charge is 0.381 e. The van der Waals surface area contributed by atoms with Crippen LogP contribution in [0.1, 0.15) is 48.1 Å². The molecule has 0 saturated carbocycles. The maximum atomic E-state index is 4.75. The molecule has 0 bridgehead atoms. The molecule has 2 aliphatic rings. The first-order chi connectivity index (χ1) is 8.66. The van der Waals surface area contributed by atoms with E-state index in [0.29, 0.717) is 5.92 Å². The lowest BCUT2D eigenvalue weighted by Crippen LogP contribution is -2.31. The minimum Gasteiger partial charge on any atom is -0.381 e. The van der Waals surface area contributed by atoms with Crippen molar-refractivity contribution in [2.75, 3.05) is 6.54 Å². The third kappa shape index (κ3) is 1.91. The van der Waals surface area contributed by atoms with Gasteiger partial charge in [0.15, 0.2) is 0 Å². The van der Waals surface area contributed by atoms with E-state index in [-0.39, 0.29) is 0 Å². The molecule has 18 heavy (non-hydrogen) atoms. The average Bonchev–Trinajstić information content (AvgIpc) is 2.69. The van der Waals surface area contributed by atoms with E-state index in [2.05, 4.69) is 31.5 Å². The summed E-state index contributed by atoms with van der Waals surface area (Å²) in [6.45, 7) is 7.50. The van der Waals surface area contributed by atoms with Crippen LogP contribution in [0.4, 0.5) is 0 Å². The smallest absolute Gasteiger partial charge is 0.0599 e. The number of hydrogen-bond acceptors (Lipinski definition) is 3. The van der Waals surface area contributed by atoms with Gasteiger partial charge in [0, 0.05) is 22.2 Å². The Morgan fingerprint density at radius 1 is 1.33 bits per heavy atom. The maximum absolute atomic E-state index is 4.75. The van der Waals surface area contributed by atoms with E-state index in [9.17, 15) is 0 Å². The van der Waals surface area contributed by atoms with Crippen molar-refractivity contribution in [2.45, 2.75) is 46.0 Å². The standard InChI is InChI=1S/C15H20N2S/c1-9-8-18-15(11(9)3)12-5-4-6-13-14(12)16-7-10(2)17-13/h8,12,16H,4-7H2,1-3H3. The molecule has 1 atom stereocenters. The van der Waals surface area contributed by atoms with Gasteiger partial charge < -0.3 is 5.32 Å². The van der Waals surface area contributed by atoms with Crippen molar-refractivity contribution in [1.29, 1.82) is 0 Å². The van der Waals surface area contributed by atoms with Gasteiger partial charge in [-0.05, 0) is 56.5 Å². The number of aliphatic imine (C=N–C) groups is 1. The van der Waals surface area contributed by atoms with E-state index >= 15 is 0 Å². The molecule has 1 aromatic rings. The lowest BCUT2D eigenvalue weighted by atomic mass is 9.86. The fraction of sp³-hybridized carbons (Fsp3) is 0.533. The number of nitrogens with one attached hydrogen (secondary N) is 1. The van der Waals surface area contributed by atoms with Gasteiger partial charge in [0.05, 0.1) is 12.2 Å². The van der Waals surface area contributed by atoms with E-state index < -0.39 is 0 Å². The Balaban J connectivity index is 2.03. The molecule has 2 nitrogen and oxygen atoms in total. The molecule has 3 rings (SSSR count). The van der Waals surface area contributed by atoms with Crippen molar-refractivity contribution in [3.05, 3.63) is 32.8 Å². The molecule has 0 fully saturated rings. The van der Waals surface area contributed by atoms with Gasteiger partial charge in [0.1, 0.15) is 0 Å². The lowest BCUT2D eigenvalue weighted by Gasteiger charge is -2.31. The summed E-state index contributed by atoms with van der Waals surface area (Å²) in [4.78, 5) is 6.30. The molecule has 2 heterocycles. The zero-order chi connectivity index (χ0) is 12.7. The van der Waals surface area contributed by atoms with Crippen LogP contribution < -0.4 is 5.32 Å². The fourth-order valence-electron chi connectivity index (χ4n) is 2.92. The highest BCUT2D eigenvalue weighted by Gasteiger charge is 2.28. The SMILES string of the molecule is CC1=NC2=C(NC1)C(c1scc(C)c1C)CCC2. The summed E-state index contributed by atoms with van der Waals surface area (Å²) < 4.78 is 0. The van der Waals surface area contributed by atoms with Crippen molar-refractivity contribution in [1.82, 2.24) is 5.32 Å². The zero-order valence-electron chi connectivity index (χ0n) is 11.3. The minimum atomic E-state index is 0.560. The quantitative estimate of drug-likeness (QED) is 0.813. The summed E-state index contributed by atoms with van der Waals surface area (Å²) in [5, 5.41) is 5.90. The van der Waals surface area contributed by atoms with Crippen LogP contribution in [0.15, 0.2) is 21.8 Å². The molecule has 1 unspecified atom stereocenters.